The van der Waals surface area contributed by atoms with Crippen LogP contribution >= 0.6 is 0 Å². The lowest BCUT2D eigenvalue weighted by Gasteiger charge is -2.17. The van der Waals surface area contributed by atoms with Gasteiger partial charge in [0, 0.05) is 0 Å². The normalized spacial score (nSPS) is 14.5. The van der Waals surface area contributed by atoms with Gasteiger partial charge >= 0.3 is 0 Å². The third-order valence-corrected chi connectivity index (χ3v) is 2.31. The smallest absolute Gasteiger partial charge is 0.0999 e. The van der Waals surface area contributed by atoms with Gasteiger partial charge in [-0.15, -0.1) is 0 Å². The van der Waals surface area contributed by atoms with Crippen LogP contribution in [0.3, 0.4) is 0 Å². The maximum Gasteiger partial charge on any atom is 0.0999 e. The lowest BCUT2D eigenvalue weighted by Crippen LogP contribution is -2.04. The van der Waals surface area contributed by atoms with Crippen LogP contribution in [0, 0.1) is 5.41 Å². The zero-order chi connectivity index (χ0) is 11.9. The van der Waals surface area contributed by atoms with E-state index in [1.807, 2.05) is 13.0 Å². The predicted molar refractivity (Wildman–Crippen MR) is 66.5 cm³/mol. The lowest BCUT2D eigenvalue weighted by molar-refractivity contribution is 0.377. The molecule has 0 aromatic carbocycles. The van der Waals surface area contributed by atoms with Crippen LogP contribution in [0.2, 0.25) is 0 Å². The number of allylic oxidation sites excluding steroid dienone is 4. The second-order valence-electron chi connectivity index (χ2n) is 5.44. The van der Waals surface area contributed by atoms with E-state index in [9.17, 15) is 4.39 Å². The molecule has 15 heavy (non-hydrogen) atoms. The Morgan fingerprint density at radius 2 is 1.73 bits per heavy atom. The van der Waals surface area contributed by atoms with Crippen LogP contribution in [-0.2, 0) is 0 Å². The maximum atomic E-state index is 13.1. The highest BCUT2D eigenvalue weighted by molar-refractivity contribution is 5.13. The van der Waals surface area contributed by atoms with Crippen molar-refractivity contribution in [1.29, 1.82) is 0 Å². The molecule has 0 aliphatic carbocycles. The van der Waals surface area contributed by atoms with Gasteiger partial charge in [-0.2, -0.15) is 0 Å². The third-order valence-electron chi connectivity index (χ3n) is 2.31. The van der Waals surface area contributed by atoms with Crippen LogP contribution in [0.25, 0.3) is 0 Å². The van der Waals surface area contributed by atoms with Gasteiger partial charge in [-0.3, -0.25) is 0 Å². The molecule has 0 amide bonds. The van der Waals surface area contributed by atoms with E-state index in [0.717, 1.165) is 19.3 Å². The Labute approximate surface area is 94.3 Å². The molecule has 0 rings (SSSR count). The number of hydrogen-bond donors (Lipinski definition) is 0. The van der Waals surface area contributed by atoms with Crippen molar-refractivity contribution in [2.75, 3.05) is 0 Å². The van der Waals surface area contributed by atoms with Gasteiger partial charge in [0.2, 0.25) is 0 Å². The third kappa shape index (κ3) is 9.71. The maximum absolute atomic E-state index is 13.1. The zero-order valence-electron chi connectivity index (χ0n) is 10.9. The summed E-state index contributed by atoms with van der Waals surface area (Å²) in [5.41, 5.74) is 1.62. The van der Waals surface area contributed by atoms with Crippen molar-refractivity contribution in [2.24, 2.45) is 5.41 Å². The van der Waals surface area contributed by atoms with Crippen LogP contribution in [-0.4, -0.2) is 0 Å². The van der Waals surface area contributed by atoms with Crippen LogP contribution < -0.4 is 0 Å². The van der Waals surface area contributed by atoms with Gasteiger partial charge in [0.25, 0.3) is 0 Å². The SMILES string of the molecule is CCC/C(F)=C\C=C(/C)CCC(C)(C)C. The predicted octanol–water partition coefficient (Wildman–Crippen LogP) is 5.41. The molecule has 1 heteroatoms. The molecule has 0 aliphatic heterocycles. The Morgan fingerprint density at radius 1 is 1.13 bits per heavy atom. The molecule has 0 aliphatic rings. The van der Waals surface area contributed by atoms with Crippen molar-refractivity contribution in [1.82, 2.24) is 0 Å². The standard InChI is InChI=1S/C14H25F/c1-6-7-13(15)9-8-12(2)10-11-14(3,4)5/h8-9H,6-7,10-11H2,1-5H3/b12-8+,13-9+. The second-order valence-corrected chi connectivity index (χ2v) is 5.44. The Bertz CT molecular complexity index is 228. The molecule has 88 valence electrons. The Kier molecular flexibility index (Phi) is 6.55. The molecule has 0 fully saturated rings. The minimum absolute atomic E-state index is 0.00684. The topological polar surface area (TPSA) is 0 Å². The summed E-state index contributed by atoms with van der Waals surface area (Å²) in [6, 6.07) is 0. The van der Waals surface area contributed by atoms with Crippen LogP contribution in [0.5, 0.6) is 0 Å². The monoisotopic (exact) mass is 212 g/mol. The summed E-state index contributed by atoms with van der Waals surface area (Å²) in [7, 11) is 0. The molecule has 0 heterocycles. The first-order valence-electron chi connectivity index (χ1n) is 5.87. The summed E-state index contributed by atoms with van der Waals surface area (Å²) in [5, 5.41) is 0. The molecular weight excluding hydrogens is 187 g/mol. The van der Waals surface area contributed by atoms with E-state index in [1.165, 1.54) is 5.57 Å². The molecule has 0 radical (unpaired) electrons. The van der Waals surface area contributed by atoms with Crippen LogP contribution in [0.15, 0.2) is 23.6 Å². The van der Waals surface area contributed by atoms with E-state index in [1.54, 1.807) is 6.08 Å². The molecule has 0 nitrogen and oxygen atoms in total. The van der Waals surface area contributed by atoms with Gasteiger partial charge < -0.3 is 0 Å². The summed E-state index contributed by atoms with van der Waals surface area (Å²) in [6.45, 7) is 10.8. The van der Waals surface area contributed by atoms with E-state index >= 15 is 0 Å². The summed E-state index contributed by atoms with van der Waals surface area (Å²) in [4.78, 5) is 0. The van der Waals surface area contributed by atoms with Crippen LogP contribution in [0.1, 0.15) is 60.3 Å². The molecule has 0 saturated heterocycles. The van der Waals surface area contributed by atoms with E-state index < -0.39 is 0 Å². The highest BCUT2D eigenvalue weighted by atomic mass is 19.1. The highest BCUT2D eigenvalue weighted by Crippen LogP contribution is 2.23. The van der Waals surface area contributed by atoms with Gasteiger partial charge in [0.15, 0.2) is 0 Å². The van der Waals surface area contributed by atoms with Crippen molar-refractivity contribution < 1.29 is 4.39 Å². The first-order valence-corrected chi connectivity index (χ1v) is 5.87. The fraction of sp³-hybridized carbons (Fsp3) is 0.714. The second kappa shape index (κ2) is 6.81. The van der Waals surface area contributed by atoms with Gasteiger partial charge in [0.05, 0.1) is 5.83 Å². The molecule has 0 N–H and O–H groups in total. The largest absolute Gasteiger partial charge is 0.212 e. The fourth-order valence-corrected chi connectivity index (χ4v) is 1.21. The van der Waals surface area contributed by atoms with E-state index in [-0.39, 0.29) is 5.83 Å². The van der Waals surface area contributed by atoms with Gasteiger partial charge in [-0.05, 0) is 44.1 Å². The molecule has 0 saturated carbocycles. The number of rotatable bonds is 5. The molecular formula is C14H25F. The van der Waals surface area contributed by atoms with E-state index in [4.69, 9.17) is 0 Å². The molecule has 0 spiro atoms. The minimum Gasteiger partial charge on any atom is -0.212 e. The van der Waals surface area contributed by atoms with Gasteiger partial charge in [0.1, 0.15) is 0 Å². The molecule has 0 aromatic heterocycles. The zero-order valence-corrected chi connectivity index (χ0v) is 10.9. The van der Waals surface area contributed by atoms with Crippen molar-refractivity contribution in [3.8, 4) is 0 Å². The van der Waals surface area contributed by atoms with Gasteiger partial charge in [-0.1, -0.05) is 39.3 Å². The number of hydrogen-bond acceptors (Lipinski definition) is 0. The van der Waals surface area contributed by atoms with E-state index in [2.05, 4.69) is 27.7 Å². The summed E-state index contributed by atoms with van der Waals surface area (Å²) >= 11 is 0. The summed E-state index contributed by atoms with van der Waals surface area (Å²) < 4.78 is 13.1. The lowest BCUT2D eigenvalue weighted by atomic mass is 9.89. The van der Waals surface area contributed by atoms with E-state index in [0.29, 0.717) is 11.8 Å². The van der Waals surface area contributed by atoms with Crippen molar-refractivity contribution >= 4 is 0 Å². The van der Waals surface area contributed by atoms with Crippen molar-refractivity contribution in [3.63, 3.8) is 0 Å². The Hall–Kier alpha value is -0.590. The van der Waals surface area contributed by atoms with Crippen LogP contribution in [0.4, 0.5) is 4.39 Å². The Morgan fingerprint density at radius 3 is 2.20 bits per heavy atom. The number of halogens is 1. The molecule has 0 aromatic rings. The average molecular weight is 212 g/mol. The first kappa shape index (κ1) is 14.4. The molecule has 0 atom stereocenters. The van der Waals surface area contributed by atoms with Crippen molar-refractivity contribution in [3.05, 3.63) is 23.6 Å². The van der Waals surface area contributed by atoms with Crippen molar-refractivity contribution in [2.45, 2.75) is 60.3 Å². The summed E-state index contributed by atoms with van der Waals surface area (Å²) in [5.74, 6) is -0.00684. The molecule has 0 unspecified atom stereocenters. The average Bonchev–Trinajstić information content (AvgIpc) is 2.11. The highest BCUT2D eigenvalue weighted by Gasteiger charge is 2.09. The summed E-state index contributed by atoms with van der Waals surface area (Å²) in [6.07, 6.45) is 7.16. The fourth-order valence-electron chi connectivity index (χ4n) is 1.21. The minimum atomic E-state index is -0.00684. The van der Waals surface area contributed by atoms with Gasteiger partial charge in [-0.25, -0.2) is 4.39 Å². The quantitative estimate of drug-likeness (QED) is 0.534. The first-order chi connectivity index (χ1) is 6.85. The Balaban J connectivity index is 4.04. The molecule has 0 bridgehead atoms.